The van der Waals surface area contributed by atoms with Crippen molar-refractivity contribution >= 4 is 16.7 Å². The van der Waals surface area contributed by atoms with E-state index in [1.54, 1.807) is 29.0 Å². The maximum absolute atomic E-state index is 13.4. The summed E-state index contributed by atoms with van der Waals surface area (Å²) in [7, 11) is 0. The van der Waals surface area contributed by atoms with E-state index in [-0.39, 0.29) is 17.6 Å². The Morgan fingerprint density at radius 1 is 1.12 bits per heavy atom. The van der Waals surface area contributed by atoms with Gasteiger partial charge >= 0.3 is 0 Å². The van der Waals surface area contributed by atoms with Gasteiger partial charge in [0.1, 0.15) is 5.69 Å². The normalized spacial score (nSPS) is 11.8. The zero-order valence-corrected chi connectivity index (χ0v) is 19.3. The van der Waals surface area contributed by atoms with Gasteiger partial charge in [-0.2, -0.15) is 9.78 Å². The molecule has 0 aliphatic carbocycles. The second-order valence-corrected chi connectivity index (χ2v) is 9.09. The van der Waals surface area contributed by atoms with Gasteiger partial charge in [0.2, 0.25) is 0 Å². The fourth-order valence-electron chi connectivity index (χ4n) is 4.23. The van der Waals surface area contributed by atoms with E-state index in [9.17, 15) is 14.7 Å². The Morgan fingerprint density at radius 3 is 2.52 bits per heavy atom. The van der Waals surface area contributed by atoms with Gasteiger partial charge in [0.05, 0.1) is 23.9 Å². The number of carbonyl (C=O) groups excluding carboxylic acids is 1. The van der Waals surface area contributed by atoms with Crippen LogP contribution in [0.2, 0.25) is 0 Å². The van der Waals surface area contributed by atoms with Crippen molar-refractivity contribution in [2.24, 2.45) is 5.73 Å². The molecule has 0 radical (unpaired) electrons. The average Bonchev–Trinajstić information content (AvgIpc) is 3.22. The molecule has 0 aliphatic rings. The lowest BCUT2D eigenvalue weighted by atomic mass is 9.86. The van der Waals surface area contributed by atoms with E-state index in [1.807, 2.05) is 37.3 Å². The average molecular weight is 445 g/mol. The number of aliphatic hydroxyl groups is 1. The number of hydrogen-bond donors (Lipinski definition) is 2. The topological polar surface area (TPSA) is 103 Å². The van der Waals surface area contributed by atoms with Gasteiger partial charge in [-0.1, -0.05) is 39.0 Å². The Morgan fingerprint density at radius 2 is 1.88 bits per heavy atom. The minimum atomic E-state index is -0.521. The summed E-state index contributed by atoms with van der Waals surface area (Å²) < 4.78 is 3.12. The van der Waals surface area contributed by atoms with Gasteiger partial charge < -0.3 is 15.4 Å². The van der Waals surface area contributed by atoms with Crippen LogP contribution >= 0.6 is 0 Å². The molecule has 0 aliphatic heterocycles. The van der Waals surface area contributed by atoms with Crippen molar-refractivity contribution in [1.29, 1.82) is 0 Å². The van der Waals surface area contributed by atoms with E-state index < -0.39 is 5.91 Å². The van der Waals surface area contributed by atoms with E-state index in [4.69, 9.17) is 5.73 Å². The van der Waals surface area contributed by atoms with Crippen LogP contribution in [-0.4, -0.2) is 25.4 Å². The van der Waals surface area contributed by atoms with Crippen LogP contribution in [0.5, 0.6) is 0 Å². The molecule has 0 saturated carbocycles. The Bertz CT molecular complexity index is 1420. The number of benzene rings is 2. The molecular formula is C26H28N4O3. The molecular weight excluding hydrogens is 416 g/mol. The van der Waals surface area contributed by atoms with Crippen LogP contribution in [0.1, 0.15) is 49.3 Å². The maximum Gasteiger partial charge on any atom is 0.279 e. The summed E-state index contributed by atoms with van der Waals surface area (Å²) in [5.74, 6) is -0.521. The number of nitrogens with zero attached hydrogens (tertiary/aromatic N) is 3. The van der Waals surface area contributed by atoms with Crippen LogP contribution in [0.3, 0.4) is 0 Å². The molecule has 4 aromatic rings. The highest BCUT2D eigenvalue weighted by molar-refractivity contribution is 5.92. The van der Waals surface area contributed by atoms with E-state index in [0.29, 0.717) is 34.4 Å². The van der Waals surface area contributed by atoms with Crippen molar-refractivity contribution in [1.82, 2.24) is 14.3 Å². The minimum Gasteiger partial charge on any atom is -0.392 e. The summed E-state index contributed by atoms with van der Waals surface area (Å²) in [5.41, 5.74) is 9.21. The molecule has 0 bridgehead atoms. The highest BCUT2D eigenvalue weighted by atomic mass is 16.3. The smallest absolute Gasteiger partial charge is 0.279 e. The Kier molecular flexibility index (Phi) is 5.68. The van der Waals surface area contributed by atoms with Gasteiger partial charge in [0.15, 0.2) is 0 Å². The zero-order chi connectivity index (χ0) is 23.9. The van der Waals surface area contributed by atoms with Crippen LogP contribution in [-0.2, 0) is 18.6 Å². The first kappa shape index (κ1) is 22.5. The first-order valence-electron chi connectivity index (χ1n) is 10.9. The molecule has 33 heavy (non-hydrogen) atoms. The quantitative estimate of drug-likeness (QED) is 0.489. The van der Waals surface area contributed by atoms with Crippen LogP contribution in [0.4, 0.5) is 0 Å². The number of fused-ring (bicyclic) bond motifs is 1. The molecule has 0 spiro atoms. The summed E-state index contributed by atoms with van der Waals surface area (Å²) in [4.78, 5) is 25.2. The van der Waals surface area contributed by atoms with Crippen LogP contribution < -0.4 is 11.3 Å². The fraction of sp³-hybridized carbons (Fsp3) is 0.269. The van der Waals surface area contributed by atoms with Crippen molar-refractivity contribution in [3.63, 3.8) is 0 Å². The molecule has 7 heteroatoms. The largest absolute Gasteiger partial charge is 0.392 e. The van der Waals surface area contributed by atoms with Crippen molar-refractivity contribution in [2.45, 2.75) is 46.3 Å². The summed E-state index contributed by atoms with van der Waals surface area (Å²) in [6.07, 6.45) is 1.68. The number of nitrogens with two attached hydrogens (primary N) is 1. The number of hydrogen-bond acceptors (Lipinski definition) is 4. The predicted molar refractivity (Wildman–Crippen MR) is 130 cm³/mol. The van der Waals surface area contributed by atoms with Crippen molar-refractivity contribution in [2.75, 3.05) is 0 Å². The molecule has 2 heterocycles. The molecule has 2 aromatic carbocycles. The second kappa shape index (κ2) is 8.33. The van der Waals surface area contributed by atoms with Gasteiger partial charge in [0.25, 0.3) is 11.5 Å². The van der Waals surface area contributed by atoms with E-state index >= 15 is 0 Å². The first-order valence-corrected chi connectivity index (χ1v) is 10.9. The molecule has 0 fully saturated rings. The first-order chi connectivity index (χ1) is 15.7. The van der Waals surface area contributed by atoms with E-state index in [1.165, 1.54) is 4.68 Å². The highest BCUT2D eigenvalue weighted by Gasteiger charge is 2.20. The molecule has 1 amide bonds. The Labute approximate surface area is 192 Å². The lowest BCUT2D eigenvalue weighted by molar-refractivity contribution is 0.0991. The third-order valence-electron chi connectivity index (χ3n) is 6.02. The van der Waals surface area contributed by atoms with E-state index in [2.05, 4.69) is 25.9 Å². The predicted octanol–water partition coefficient (Wildman–Crippen LogP) is 3.76. The molecule has 0 atom stereocenters. The monoisotopic (exact) mass is 444 g/mol. The SMILES string of the molecule is CCn1c(C(N)=O)ccc1-c1cccc(-n2ncc3cc(C(C)(C)C)ccc3c2=O)c1CO. The number of rotatable bonds is 5. The Hall–Kier alpha value is -3.71. The molecule has 3 N–H and O–H groups in total. The number of aromatic nitrogens is 3. The van der Waals surface area contributed by atoms with Gasteiger partial charge in [0, 0.05) is 28.8 Å². The van der Waals surface area contributed by atoms with E-state index in [0.717, 1.165) is 16.6 Å². The van der Waals surface area contributed by atoms with Gasteiger partial charge in [-0.3, -0.25) is 9.59 Å². The maximum atomic E-state index is 13.4. The number of carbonyl (C=O) groups is 1. The standard InChI is InChI=1S/C26H28N4O3/c1-5-29-21(11-12-23(29)24(27)32)19-7-6-8-22(20(19)15-31)30-25(33)18-10-9-17(26(2,3)4)13-16(18)14-28-30/h6-14,31H,5,15H2,1-4H3,(H2,27,32). The second-order valence-electron chi connectivity index (χ2n) is 9.09. The van der Waals surface area contributed by atoms with Crippen molar-refractivity contribution in [3.05, 3.63) is 81.9 Å². The summed E-state index contributed by atoms with van der Waals surface area (Å²) in [5, 5.41) is 16.0. The van der Waals surface area contributed by atoms with Crippen LogP contribution in [0.25, 0.3) is 27.7 Å². The minimum absolute atomic E-state index is 0.0423. The van der Waals surface area contributed by atoms with Crippen LogP contribution in [0, 0.1) is 0 Å². The fourth-order valence-corrected chi connectivity index (χ4v) is 4.23. The molecule has 4 rings (SSSR count). The summed E-state index contributed by atoms with van der Waals surface area (Å²) >= 11 is 0. The molecule has 2 aromatic heterocycles. The van der Waals surface area contributed by atoms with Crippen LogP contribution in [0.15, 0.2) is 59.5 Å². The highest BCUT2D eigenvalue weighted by Crippen LogP contribution is 2.30. The van der Waals surface area contributed by atoms with Gasteiger partial charge in [-0.15, -0.1) is 0 Å². The van der Waals surface area contributed by atoms with Gasteiger partial charge in [-0.25, -0.2) is 0 Å². The zero-order valence-electron chi connectivity index (χ0n) is 19.3. The molecule has 7 nitrogen and oxygen atoms in total. The lowest BCUT2D eigenvalue weighted by Crippen LogP contribution is -2.23. The number of primary amides is 1. The number of amides is 1. The summed E-state index contributed by atoms with van der Waals surface area (Å²) in [6, 6.07) is 14.7. The third kappa shape index (κ3) is 3.85. The van der Waals surface area contributed by atoms with Gasteiger partial charge in [-0.05, 0) is 48.2 Å². The lowest BCUT2D eigenvalue weighted by Gasteiger charge is -2.20. The molecule has 170 valence electrons. The van der Waals surface area contributed by atoms with Crippen molar-refractivity contribution < 1.29 is 9.90 Å². The summed E-state index contributed by atoms with van der Waals surface area (Å²) in [6.45, 7) is 8.51. The molecule has 0 unspecified atom stereocenters. The number of aliphatic hydroxyl groups excluding tert-OH is 1. The third-order valence-corrected chi connectivity index (χ3v) is 6.02. The Balaban J connectivity index is 1.92. The van der Waals surface area contributed by atoms with Crippen molar-refractivity contribution in [3.8, 4) is 16.9 Å². The molecule has 0 saturated heterocycles.